The van der Waals surface area contributed by atoms with Crippen LogP contribution < -0.4 is 5.32 Å². The predicted octanol–water partition coefficient (Wildman–Crippen LogP) is 1.52. The largest absolute Gasteiger partial charge is 0.396 e. The van der Waals surface area contributed by atoms with Crippen molar-refractivity contribution in [2.45, 2.75) is 40.5 Å². The summed E-state index contributed by atoms with van der Waals surface area (Å²) < 4.78 is 1.57. The fraction of sp³-hybridized carbons (Fsp3) is 0.625. The van der Waals surface area contributed by atoms with Crippen LogP contribution >= 0.6 is 0 Å². The van der Waals surface area contributed by atoms with Gasteiger partial charge in [0.05, 0.1) is 0 Å². The number of carbonyl (C=O) groups excluding carboxylic acids is 1. The van der Waals surface area contributed by atoms with Crippen LogP contribution in [0.4, 0.5) is 0 Å². The van der Waals surface area contributed by atoms with E-state index in [0.29, 0.717) is 24.7 Å². The maximum absolute atomic E-state index is 12.3. The molecule has 23 heavy (non-hydrogen) atoms. The van der Waals surface area contributed by atoms with E-state index >= 15 is 0 Å². The van der Waals surface area contributed by atoms with Crippen LogP contribution in [0.2, 0.25) is 0 Å². The number of nitrogens with zero attached hydrogens (tertiary/aromatic N) is 4. The molecule has 0 spiro atoms. The van der Waals surface area contributed by atoms with Crippen molar-refractivity contribution >= 4 is 11.7 Å². The average molecular weight is 319 g/mol. The van der Waals surface area contributed by atoms with Crippen LogP contribution in [-0.2, 0) is 0 Å². The number of nitrogens with one attached hydrogen (secondary N) is 1. The highest BCUT2D eigenvalue weighted by molar-refractivity contribution is 5.90. The van der Waals surface area contributed by atoms with Gasteiger partial charge >= 0.3 is 0 Å². The number of aryl methyl sites for hydroxylation is 2. The van der Waals surface area contributed by atoms with Crippen molar-refractivity contribution in [1.29, 1.82) is 0 Å². The molecule has 1 unspecified atom stereocenters. The van der Waals surface area contributed by atoms with E-state index in [1.165, 1.54) is 0 Å². The molecule has 2 N–H and O–H groups in total. The van der Waals surface area contributed by atoms with Crippen molar-refractivity contribution in [1.82, 2.24) is 24.9 Å². The van der Waals surface area contributed by atoms with Crippen LogP contribution in [0.5, 0.6) is 0 Å². The van der Waals surface area contributed by atoms with Gasteiger partial charge in [0.1, 0.15) is 0 Å². The van der Waals surface area contributed by atoms with Crippen LogP contribution in [-0.4, -0.2) is 43.7 Å². The second-order valence-corrected chi connectivity index (χ2v) is 6.40. The molecule has 0 aliphatic rings. The first-order valence-electron chi connectivity index (χ1n) is 8.00. The topological polar surface area (TPSA) is 92.4 Å². The molecule has 2 aromatic rings. The monoisotopic (exact) mass is 319 g/mol. The lowest BCUT2D eigenvalue weighted by Crippen LogP contribution is -2.31. The molecule has 7 nitrogen and oxygen atoms in total. The van der Waals surface area contributed by atoms with Gasteiger partial charge in [-0.25, -0.2) is 9.50 Å². The number of rotatable bonds is 7. The molecule has 126 valence electrons. The summed E-state index contributed by atoms with van der Waals surface area (Å²) in [6.45, 7) is 8.69. The zero-order valence-corrected chi connectivity index (χ0v) is 14.2. The van der Waals surface area contributed by atoms with E-state index in [0.717, 1.165) is 17.8 Å². The maximum Gasteiger partial charge on any atom is 0.291 e. The molecule has 0 aliphatic heterocycles. The van der Waals surface area contributed by atoms with E-state index in [4.69, 9.17) is 5.11 Å². The highest BCUT2D eigenvalue weighted by Gasteiger charge is 2.17. The minimum atomic E-state index is -0.306. The molecule has 0 saturated carbocycles. The summed E-state index contributed by atoms with van der Waals surface area (Å²) in [7, 11) is 0. The molecule has 2 heterocycles. The highest BCUT2D eigenvalue weighted by Crippen LogP contribution is 2.14. The Hall–Kier alpha value is -2.02. The van der Waals surface area contributed by atoms with Gasteiger partial charge in [-0.1, -0.05) is 13.8 Å². The fourth-order valence-electron chi connectivity index (χ4n) is 2.73. The molecule has 0 aromatic carbocycles. The average Bonchev–Trinajstić information content (AvgIpc) is 2.88. The van der Waals surface area contributed by atoms with Crippen LogP contribution in [0.15, 0.2) is 6.07 Å². The first kappa shape index (κ1) is 17.3. The summed E-state index contributed by atoms with van der Waals surface area (Å²) >= 11 is 0. The first-order chi connectivity index (χ1) is 10.9. The zero-order chi connectivity index (χ0) is 17.0. The van der Waals surface area contributed by atoms with Crippen LogP contribution in [0.1, 0.15) is 48.7 Å². The normalized spacial score (nSPS) is 12.8. The summed E-state index contributed by atoms with van der Waals surface area (Å²) in [4.78, 5) is 20.7. The van der Waals surface area contributed by atoms with Gasteiger partial charge in [-0.3, -0.25) is 4.79 Å². The maximum atomic E-state index is 12.3. The van der Waals surface area contributed by atoms with Crippen LogP contribution in [0, 0.1) is 25.7 Å². The highest BCUT2D eigenvalue weighted by atomic mass is 16.3. The molecule has 0 aliphatic carbocycles. The molecule has 0 bridgehead atoms. The van der Waals surface area contributed by atoms with E-state index in [1.807, 2.05) is 19.9 Å². The number of hydrogen-bond donors (Lipinski definition) is 2. The van der Waals surface area contributed by atoms with Crippen molar-refractivity contribution in [2.75, 3.05) is 13.2 Å². The molecule has 7 heteroatoms. The Morgan fingerprint density at radius 3 is 2.74 bits per heavy atom. The molecule has 0 saturated heterocycles. The molecule has 1 amide bonds. The lowest BCUT2D eigenvalue weighted by Gasteiger charge is -2.18. The van der Waals surface area contributed by atoms with Gasteiger partial charge in [0, 0.05) is 24.5 Å². The Balaban J connectivity index is 2.07. The molecular weight excluding hydrogens is 294 g/mol. The minimum absolute atomic E-state index is 0.124. The Labute approximate surface area is 136 Å². The lowest BCUT2D eigenvalue weighted by atomic mass is 9.94. The second-order valence-electron chi connectivity index (χ2n) is 6.40. The third-order valence-corrected chi connectivity index (χ3v) is 3.71. The van der Waals surface area contributed by atoms with Crippen molar-refractivity contribution in [3.63, 3.8) is 0 Å². The van der Waals surface area contributed by atoms with Crippen LogP contribution in [0.3, 0.4) is 0 Å². The van der Waals surface area contributed by atoms with Gasteiger partial charge in [-0.05, 0) is 44.6 Å². The van der Waals surface area contributed by atoms with Gasteiger partial charge in [0.25, 0.3) is 11.7 Å². The lowest BCUT2D eigenvalue weighted by molar-refractivity contribution is 0.0931. The standard InChI is InChI=1S/C16H25N5O2/c1-10(2)7-13(5-6-22)9-17-15(23)14-19-16-18-11(3)8-12(4)21(16)20-14/h8,10,13,22H,5-7,9H2,1-4H3,(H,17,23). The molecule has 0 fully saturated rings. The summed E-state index contributed by atoms with van der Waals surface area (Å²) in [5, 5.41) is 16.2. The Morgan fingerprint density at radius 1 is 1.35 bits per heavy atom. The van der Waals surface area contributed by atoms with Crippen molar-refractivity contribution in [3.05, 3.63) is 23.3 Å². The molecule has 1 atom stereocenters. The summed E-state index contributed by atoms with van der Waals surface area (Å²) in [6, 6.07) is 1.89. The van der Waals surface area contributed by atoms with E-state index < -0.39 is 0 Å². The van der Waals surface area contributed by atoms with Gasteiger partial charge in [0.2, 0.25) is 5.82 Å². The number of aromatic nitrogens is 4. The SMILES string of the molecule is Cc1cc(C)n2nc(C(=O)NCC(CCO)CC(C)C)nc2n1. The molecule has 0 radical (unpaired) electrons. The minimum Gasteiger partial charge on any atom is -0.396 e. The summed E-state index contributed by atoms with van der Waals surface area (Å²) in [6.07, 6.45) is 1.64. The predicted molar refractivity (Wildman–Crippen MR) is 87.2 cm³/mol. The van der Waals surface area contributed by atoms with Gasteiger partial charge in [-0.15, -0.1) is 5.10 Å². The summed E-state index contributed by atoms with van der Waals surface area (Å²) in [5.74, 6) is 1.02. The number of hydrogen-bond acceptors (Lipinski definition) is 5. The smallest absolute Gasteiger partial charge is 0.291 e. The van der Waals surface area contributed by atoms with Crippen molar-refractivity contribution < 1.29 is 9.90 Å². The number of carbonyl (C=O) groups is 1. The molecule has 2 rings (SSSR count). The fourth-order valence-corrected chi connectivity index (χ4v) is 2.73. The van der Waals surface area contributed by atoms with E-state index in [9.17, 15) is 4.79 Å². The van der Waals surface area contributed by atoms with E-state index in [-0.39, 0.29) is 24.3 Å². The van der Waals surface area contributed by atoms with Crippen molar-refractivity contribution in [2.24, 2.45) is 11.8 Å². The van der Waals surface area contributed by atoms with Gasteiger partial charge in [0.15, 0.2) is 0 Å². The molecule has 2 aromatic heterocycles. The van der Waals surface area contributed by atoms with E-state index in [1.54, 1.807) is 4.52 Å². The second kappa shape index (κ2) is 7.50. The zero-order valence-electron chi connectivity index (χ0n) is 14.2. The quantitative estimate of drug-likeness (QED) is 0.807. The molecular formula is C16H25N5O2. The third-order valence-electron chi connectivity index (χ3n) is 3.71. The third kappa shape index (κ3) is 4.48. The van der Waals surface area contributed by atoms with Crippen LogP contribution in [0.25, 0.3) is 5.78 Å². The number of aliphatic hydroxyl groups is 1. The van der Waals surface area contributed by atoms with Gasteiger partial charge < -0.3 is 10.4 Å². The number of aliphatic hydroxyl groups excluding tert-OH is 1. The van der Waals surface area contributed by atoms with Gasteiger partial charge in [-0.2, -0.15) is 4.98 Å². The summed E-state index contributed by atoms with van der Waals surface area (Å²) in [5.41, 5.74) is 1.73. The first-order valence-corrected chi connectivity index (χ1v) is 8.00. The van der Waals surface area contributed by atoms with E-state index in [2.05, 4.69) is 34.2 Å². The number of fused-ring (bicyclic) bond motifs is 1. The Morgan fingerprint density at radius 2 is 2.09 bits per heavy atom. The Bertz CT molecular complexity index is 680. The number of amides is 1. The Kier molecular flexibility index (Phi) is 5.65. The van der Waals surface area contributed by atoms with Crippen molar-refractivity contribution in [3.8, 4) is 0 Å².